The van der Waals surface area contributed by atoms with Crippen molar-refractivity contribution in [2.75, 3.05) is 26.2 Å². The second-order valence-electron chi connectivity index (χ2n) is 7.45. The number of piperidine rings is 1. The molecule has 1 atom stereocenters. The van der Waals surface area contributed by atoms with Gasteiger partial charge in [0.1, 0.15) is 0 Å². The van der Waals surface area contributed by atoms with Gasteiger partial charge in [0.15, 0.2) is 0 Å². The van der Waals surface area contributed by atoms with Crippen LogP contribution in [0.25, 0.3) is 10.9 Å². The van der Waals surface area contributed by atoms with Crippen LogP contribution in [-0.4, -0.2) is 53.2 Å². The number of hydrogen-bond donors (Lipinski definition) is 3. The Morgan fingerprint density at radius 2 is 2.08 bits per heavy atom. The molecule has 1 amide bonds. The molecule has 0 radical (unpaired) electrons. The largest absolute Gasteiger partial charge is 0.390 e. The SMILES string of the molecule is Cc1[nH]c2c(C(=O)NCC(O)CN3CCC(C)CC3)cccc2c1C. The molecular weight excluding hydrogens is 314 g/mol. The van der Waals surface area contributed by atoms with Crippen LogP contribution < -0.4 is 5.32 Å². The molecule has 3 rings (SSSR count). The van der Waals surface area contributed by atoms with E-state index in [1.807, 2.05) is 25.1 Å². The van der Waals surface area contributed by atoms with Crippen molar-refractivity contribution in [3.05, 3.63) is 35.0 Å². The van der Waals surface area contributed by atoms with Crippen molar-refractivity contribution in [2.24, 2.45) is 5.92 Å². The lowest BCUT2D eigenvalue weighted by molar-refractivity contribution is 0.0796. The lowest BCUT2D eigenvalue weighted by atomic mass is 9.99. The number of aliphatic hydroxyl groups excluding tert-OH is 1. The molecule has 1 aliphatic rings. The minimum Gasteiger partial charge on any atom is -0.390 e. The molecule has 1 aliphatic heterocycles. The third-order valence-electron chi connectivity index (χ3n) is 5.43. The second kappa shape index (κ2) is 7.58. The predicted octanol–water partition coefficient (Wildman–Crippen LogP) is 2.61. The van der Waals surface area contributed by atoms with Crippen LogP contribution >= 0.6 is 0 Å². The van der Waals surface area contributed by atoms with Gasteiger partial charge in [-0.3, -0.25) is 4.79 Å². The summed E-state index contributed by atoms with van der Waals surface area (Å²) in [6.07, 6.45) is 1.84. The molecule has 25 heavy (non-hydrogen) atoms. The van der Waals surface area contributed by atoms with E-state index >= 15 is 0 Å². The van der Waals surface area contributed by atoms with Gasteiger partial charge in [-0.25, -0.2) is 0 Å². The van der Waals surface area contributed by atoms with Gasteiger partial charge in [-0.1, -0.05) is 19.1 Å². The van der Waals surface area contributed by atoms with Crippen molar-refractivity contribution in [1.29, 1.82) is 0 Å². The number of nitrogens with one attached hydrogen (secondary N) is 2. The van der Waals surface area contributed by atoms with Crippen molar-refractivity contribution in [3.63, 3.8) is 0 Å². The minimum atomic E-state index is -0.538. The zero-order valence-electron chi connectivity index (χ0n) is 15.4. The van der Waals surface area contributed by atoms with Gasteiger partial charge in [0.2, 0.25) is 0 Å². The van der Waals surface area contributed by atoms with Crippen LogP contribution in [0, 0.1) is 19.8 Å². The maximum Gasteiger partial charge on any atom is 0.253 e. The van der Waals surface area contributed by atoms with Crippen LogP contribution in [0.3, 0.4) is 0 Å². The summed E-state index contributed by atoms with van der Waals surface area (Å²) in [5, 5.41) is 14.2. The second-order valence-corrected chi connectivity index (χ2v) is 7.45. The Hall–Kier alpha value is -1.85. The predicted molar refractivity (Wildman–Crippen MR) is 101 cm³/mol. The summed E-state index contributed by atoms with van der Waals surface area (Å²) in [5.74, 6) is 0.638. The molecule has 5 heteroatoms. The third kappa shape index (κ3) is 4.05. The molecule has 1 saturated heterocycles. The summed E-state index contributed by atoms with van der Waals surface area (Å²) in [5.41, 5.74) is 3.75. The number of amides is 1. The van der Waals surface area contributed by atoms with E-state index in [1.165, 1.54) is 18.4 Å². The molecule has 5 nitrogen and oxygen atoms in total. The highest BCUT2D eigenvalue weighted by atomic mass is 16.3. The maximum atomic E-state index is 12.6. The fourth-order valence-corrected chi connectivity index (χ4v) is 3.58. The molecule has 1 aromatic heterocycles. The Labute approximate surface area is 149 Å². The number of likely N-dealkylation sites (tertiary alicyclic amines) is 1. The number of aromatic nitrogens is 1. The molecule has 136 valence electrons. The van der Waals surface area contributed by atoms with E-state index in [1.54, 1.807) is 0 Å². The van der Waals surface area contributed by atoms with Gasteiger partial charge < -0.3 is 20.3 Å². The van der Waals surface area contributed by atoms with E-state index in [9.17, 15) is 9.90 Å². The minimum absolute atomic E-state index is 0.141. The van der Waals surface area contributed by atoms with Crippen LogP contribution in [0.15, 0.2) is 18.2 Å². The van der Waals surface area contributed by atoms with Crippen LogP contribution in [0.2, 0.25) is 0 Å². The number of rotatable bonds is 5. The molecule has 1 aromatic carbocycles. The number of nitrogens with zero attached hydrogens (tertiary/aromatic N) is 1. The monoisotopic (exact) mass is 343 g/mol. The van der Waals surface area contributed by atoms with Crippen molar-refractivity contribution in [1.82, 2.24) is 15.2 Å². The van der Waals surface area contributed by atoms with E-state index in [2.05, 4.69) is 29.0 Å². The highest BCUT2D eigenvalue weighted by Gasteiger charge is 2.19. The molecule has 0 spiro atoms. The van der Waals surface area contributed by atoms with Gasteiger partial charge in [-0.2, -0.15) is 0 Å². The number of aromatic amines is 1. The first kappa shape index (κ1) is 18.0. The number of hydrogen-bond acceptors (Lipinski definition) is 3. The van der Waals surface area contributed by atoms with Gasteiger partial charge in [0.25, 0.3) is 5.91 Å². The summed E-state index contributed by atoms with van der Waals surface area (Å²) in [6.45, 7) is 9.31. The molecule has 2 aromatic rings. The average molecular weight is 343 g/mol. The molecule has 0 aliphatic carbocycles. The number of β-amino-alcohol motifs (C(OH)–C–C–N with tert-alkyl or cyclic N) is 1. The lowest BCUT2D eigenvalue weighted by Crippen LogP contribution is -2.43. The summed E-state index contributed by atoms with van der Waals surface area (Å²) < 4.78 is 0. The van der Waals surface area contributed by atoms with Crippen LogP contribution in [-0.2, 0) is 0 Å². The number of benzene rings is 1. The van der Waals surface area contributed by atoms with Crippen molar-refractivity contribution in [3.8, 4) is 0 Å². The average Bonchev–Trinajstić information content (AvgIpc) is 2.89. The topological polar surface area (TPSA) is 68.4 Å². The van der Waals surface area contributed by atoms with Gasteiger partial charge in [0, 0.05) is 24.2 Å². The van der Waals surface area contributed by atoms with Gasteiger partial charge in [-0.05, 0) is 57.3 Å². The summed E-state index contributed by atoms with van der Waals surface area (Å²) in [6, 6.07) is 5.76. The van der Waals surface area contributed by atoms with Crippen molar-refractivity contribution < 1.29 is 9.90 Å². The molecule has 2 heterocycles. The number of carbonyl (C=O) groups excluding carboxylic acids is 1. The normalized spacial score (nSPS) is 17.8. The number of H-pyrrole nitrogens is 1. The highest BCUT2D eigenvalue weighted by molar-refractivity contribution is 6.06. The smallest absolute Gasteiger partial charge is 0.253 e. The zero-order valence-corrected chi connectivity index (χ0v) is 15.4. The van der Waals surface area contributed by atoms with Crippen molar-refractivity contribution >= 4 is 16.8 Å². The molecule has 1 unspecified atom stereocenters. The first-order chi connectivity index (χ1) is 12.0. The zero-order chi connectivity index (χ0) is 18.0. The summed E-state index contributed by atoms with van der Waals surface area (Å²) in [7, 11) is 0. The number of carbonyl (C=O) groups is 1. The van der Waals surface area contributed by atoms with Crippen LogP contribution in [0.5, 0.6) is 0 Å². The molecular formula is C20H29N3O2. The first-order valence-electron chi connectivity index (χ1n) is 9.22. The molecule has 3 N–H and O–H groups in total. The maximum absolute atomic E-state index is 12.6. The standard InChI is InChI=1S/C20H29N3O2/c1-13-7-9-23(10-8-13)12-16(24)11-21-20(25)18-6-4-5-17-14(2)15(3)22-19(17)18/h4-6,13,16,22,24H,7-12H2,1-3H3,(H,21,25). The van der Waals surface area contributed by atoms with E-state index < -0.39 is 6.10 Å². The Kier molecular flexibility index (Phi) is 5.45. The molecule has 0 bridgehead atoms. The first-order valence-corrected chi connectivity index (χ1v) is 9.22. The van der Waals surface area contributed by atoms with E-state index in [0.29, 0.717) is 12.1 Å². The fourth-order valence-electron chi connectivity index (χ4n) is 3.58. The van der Waals surface area contributed by atoms with E-state index in [0.717, 1.165) is 35.6 Å². The number of fused-ring (bicyclic) bond motifs is 1. The Balaban J connectivity index is 1.58. The number of aliphatic hydroxyl groups is 1. The Bertz CT molecular complexity index is 745. The van der Waals surface area contributed by atoms with Gasteiger partial charge >= 0.3 is 0 Å². The summed E-state index contributed by atoms with van der Waals surface area (Å²) >= 11 is 0. The van der Waals surface area contributed by atoms with Crippen LogP contribution in [0.4, 0.5) is 0 Å². The fraction of sp³-hybridized carbons (Fsp3) is 0.550. The summed E-state index contributed by atoms with van der Waals surface area (Å²) in [4.78, 5) is 18.2. The van der Waals surface area contributed by atoms with Gasteiger partial charge in [-0.15, -0.1) is 0 Å². The Morgan fingerprint density at radius 1 is 1.36 bits per heavy atom. The quantitative estimate of drug-likeness (QED) is 0.782. The van der Waals surface area contributed by atoms with Crippen molar-refractivity contribution in [2.45, 2.75) is 39.7 Å². The number of para-hydroxylation sites is 1. The Morgan fingerprint density at radius 3 is 2.80 bits per heavy atom. The van der Waals surface area contributed by atoms with Gasteiger partial charge in [0.05, 0.1) is 17.2 Å². The number of aryl methyl sites for hydroxylation is 2. The van der Waals surface area contributed by atoms with E-state index in [4.69, 9.17) is 0 Å². The lowest BCUT2D eigenvalue weighted by Gasteiger charge is -2.31. The highest BCUT2D eigenvalue weighted by Crippen LogP contribution is 2.24. The third-order valence-corrected chi connectivity index (χ3v) is 5.43. The van der Waals surface area contributed by atoms with Crippen LogP contribution in [0.1, 0.15) is 41.4 Å². The molecule has 0 saturated carbocycles. The molecule has 1 fully saturated rings. The van der Waals surface area contributed by atoms with E-state index in [-0.39, 0.29) is 12.5 Å².